The monoisotopic (exact) mass is 234 g/mol. The quantitative estimate of drug-likeness (QED) is 0.539. The predicted octanol–water partition coefficient (Wildman–Crippen LogP) is 0.0978. The Morgan fingerprint density at radius 3 is 2.08 bits per heavy atom. The van der Waals surface area contributed by atoms with Crippen LogP contribution < -0.4 is 9.79 Å². The molecule has 0 heterocycles. The van der Waals surface area contributed by atoms with Gasteiger partial charge in [0.25, 0.3) is 0 Å². The largest absolute Gasteiger partial charge is 2.00 e. The molecule has 0 spiro atoms. The van der Waals surface area contributed by atoms with Gasteiger partial charge in [-0.2, -0.15) is 0 Å². The van der Waals surface area contributed by atoms with Crippen LogP contribution in [0, 0.1) is 0 Å². The molecule has 0 aliphatic rings. The SMILES string of the molecule is O=P([O-])([O-])Cc1ccccc1.[Zn+2]. The van der Waals surface area contributed by atoms with Gasteiger partial charge in [0, 0.05) is 6.16 Å². The maximum absolute atomic E-state index is 10.3. The van der Waals surface area contributed by atoms with E-state index < -0.39 is 13.8 Å². The summed E-state index contributed by atoms with van der Waals surface area (Å²) in [6.45, 7) is 0. The summed E-state index contributed by atoms with van der Waals surface area (Å²) in [4.78, 5) is 20.5. The summed E-state index contributed by atoms with van der Waals surface area (Å²) in [5.74, 6) is 0. The maximum atomic E-state index is 10.3. The van der Waals surface area contributed by atoms with Crippen molar-refractivity contribution in [2.24, 2.45) is 0 Å². The van der Waals surface area contributed by atoms with E-state index in [1.807, 2.05) is 0 Å². The van der Waals surface area contributed by atoms with Crippen molar-refractivity contribution in [3.8, 4) is 0 Å². The molecule has 0 saturated heterocycles. The van der Waals surface area contributed by atoms with Gasteiger partial charge in [-0.3, -0.25) is 0 Å². The van der Waals surface area contributed by atoms with Gasteiger partial charge < -0.3 is 14.4 Å². The first-order valence-corrected chi connectivity index (χ1v) is 4.86. The molecular weight excluding hydrogens is 228 g/mol. The zero-order valence-electron chi connectivity index (χ0n) is 6.47. The fourth-order valence-electron chi connectivity index (χ4n) is 0.807. The Morgan fingerprint density at radius 1 is 1.17 bits per heavy atom. The van der Waals surface area contributed by atoms with Gasteiger partial charge in [-0.05, 0) is 5.56 Å². The Labute approximate surface area is 83.7 Å². The van der Waals surface area contributed by atoms with Crippen molar-refractivity contribution in [3.63, 3.8) is 0 Å². The van der Waals surface area contributed by atoms with E-state index in [1.165, 1.54) is 0 Å². The molecule has 0 aliphatic carbocycles. The van der Waals surface area contributed by atoms with E-state index >= 15 is 0 Å². The molecule has 1 aromatic carbocycles. The minimum absolute atomic E-state index is 0. The normalized spacial score (nSPS) is 10.5. The van der Waals surface area contributed by atoms with Gasteiger partial charge in [0.1, 0.15) is 0 Å². The fourth-order valence-corrected chi connectivity index (χ4v) is 1.47. The zero-order valence-corrected chi connectivity index (χ0v) is 10.3. The first-order valence-electron chi connectivity index (χ1n) is 3.13. The molecule has 0 atom stereocenters. The van der Waals surface area contributed by atoms with Crippen molar-refractivity contribution in [2.45, 2.75) is 6.16 Å². The van der Waals surface area contributed by atoms with E-state index in [2.05, 4.69) is 0 Å². The van der Waals surface area contributed by atoms with Gasteiger partial charge in [-0.25, -0.2) is 0 Å². The van der Waals surface area contributed by atoms with Gasteiger partial charge in [0.05, 0.1) is 0 Å². The third-order valence-corrected chi connectivity index (χ3v) is 1.97. The minimum atomic E-state index is -4.39. The van der Waals surface area contributed by atoms with Crippen LogP contribution in [0.25, 0.3) is 0 Å². The molecule has 5 heteroatoms. The molecule has 0 amide bonds. The average molecular weight is 235 g/mol. The molecular formula is C7H7O3PZn. The van der Waals surface area contributed by atoms with Gasteiger partial charge in [0.15, 0.2) is 0 Å². The first-order chi connectivity index (χ1) is 5.08. The van der Waals surface area contributed by atoms with Gasteiger partial charge in [-0.1, -0.05) is 37.9 Å². The molecule has 0 aromatic heterocycles. The van der Waals surface area contributed by atoms with E-state index in [-0.39, 0.29) is 19.5 Å². The molecule has 0 N–H and O–H groups in total. The summed E-state index contributed by atoms with van der Waals surface area (Å²) in [6.07, 6.45) is -0.395. The molecule has 1 aromatic rings. The standard InChI is InChI=1S/C7H9O3P.Zn/c8-11(9,10)6-7-4-2-1-3-5-7;/h1-5H,6H2,(H2,8,9,10);/q;+2/p-2. The van der Waals surface area contributed by atoms with E-state index in [0.717, 1.165) is 0 Å². The van der Waals surface area contributed by atoms with Crippen LogP contribution >= 0.6 is 7.60 Å². The molecule has 0 aliphatic heterocycles. The number of benzene rings is 1. The van der Waals surface area contributed by atoms with E-state index in [1.54, 1.807) is 30.3 Å². The second-order valence-corrected chi connectivity index (χ2v) is 3.79. The third kappa shape index (κ3) is 4.79. The van der Waals surface area contributed by atoms with E-state index in [9.17, 15) is 14.4 Å². The van der Waals surface area contributed by atoms with Crippen LogP contribution in [-0.2, 0) is 30.2 Å². The summed E-state index contributed by atoms with van der Waals surface area (Å²) < 4.78 is 10.3. The maximum Gasteiger partial charge on any atom is 2.00 e. The van der Waals surface area contributed by atoms with Crippen molar-refractivity contribution < 1.29 is 33.8 Å². The van der Waals surface area contributed by atoms with Crippen LogP contribution in [-0.4, -0.2) is 0 Å². The van der Waals surface area contributed by atoms with Crippen LogP contribution in [0.1, 0.15) is 5.56 Å². The summed E-state index contributed by atoms with van der Waals surface area (Å²) in [7, 11) is -4.39. The van der Waals surface area contributed by atoms with Gasteiger partial charge >= 0.3 is 19.5 Å². The summed E-state index contributed by atoms with van der Waals surface area (Å²) in [6, 6.07) is 8.39. The topological polar surface area (TPSA) is 63.2 Å². The molecule has 0 saturated carbocycles. The van der Waals surface area contributed by atoms with Gasteiger partial charge in [0.2, 0.25) is 0 Å². The Bertz CT molecular complexity index is 269. The molecule has 0 radical (unpaired) electrons. The Morgan fingerprint density at radius 2 is 1.67 bits per heavy atom. The van der Waals surface area contributed by atoms with Gasteiger partial charge in [-0.15, -0.1) is 0 Å². The van der Waals surface area contributed by atoms with Crippen molar-refractivity contribution in [2.75, 3.05) is 0 Å². The molecule has 60 valence electrons. The van der Waals surface area contributed by atoms with Crippen molar-refractivity contribution in [1.29, 1.82) is 0 Å². The van der Waals surface area contributed by atoms with Crippen LogP contribution in [0.5, 0.6) is 0 Å². The summed E-state index contributed by atoms with van der Waals surface area (Å²) in [5.41, 5.74) is 0.542. The Balaban J connectivity index is 0.00000121. The molecule has 0 bridgehead atoms. The van der Waals surface area contributed by atoms with E-state index in [0.29, 0.717) is 5.56 Å². The fraction of sp³-hybridized carbons (Fsp3) is 0.143. The molecule has 0 unspecified atom stereocenters. The van der Waals surface area contributed by atoms with Crippen molar-refractivity contribution in [3.05, 3.63) is 35.9 Å². The second-order valence-electron chi connectivity index (χ2n) is 2.25. The first kappa shape index (κ1) is 12.0. The van der Waals surface area contributed by atoms with E-state index in [4.69, 9.17) is 0 Å². The van der Waals surface area contributed by atoms with Crippen molar-refractivity contribution in [1.82, 2.24) is 0 Å². The van der Waals surface area contributed by atoms with Crippen LogP contribution in [0.2, 0.25) is 0 Å². The zero-order chi connectivity index (χ0) is 8.32. The Hall–Kier alpha value is -0.00662. The smallest absolute Gasteiger partial charge is 0.810 e. The minimum Gasteiger partial charge on any atom is -0.810 e. The van der Waals surface area contributed by atoms with Crippen LogP contribution in [0.3, 0.4) is 0 Å². The van der Waals surface area contributed by atoms with Crippen molar-refractivity contribution >= 4 is 7.60 Å². The summed E-state index contributed by atoms with van der Waals surface area (Å²) in [5, 5.41) is 0. The third-order valence-electron chi connectivity index (χ3n) is 1.22. The molecule has 0 fully saturated rings. The van der Waals surface area contributed by atoms with Crippen LogP contribution in [0.15, 0.2) is 30.3 Å². The number of hydrogen-bond acceptors (Lipinski definition) is 3. The number of rotatable bonds is 2. The Kier molecular flexibility index (Phi) is 4.88. The molecule has 3 nitrogen and oxygen atoms in total. The predicted molar refractivity (Wildman–Crippen MR) is 37.8 cm³/mol. The molecule has 12 heavy (non-hydrogen) atoms. The van der Waals surface area contributed by atoms with Crippen LogP contribution in [0.4, 0.5) is 0 Å². The second kappa shape index (κ2) is 4.88. The molecule has 1 rings (SSSR count). The average Bonchev–Trinajstić information content (AvgIpc) is 1.85. The number of hydrogen-bond donors (Lipinski definition) is 0. The summed E-state index contributed by atoms with van der Waals surface area (Å²) >= 11 is 0.